The van der Waals surface area contributed by atoms with Crippen LogP contribution in [0.5, 0.6) is 0 Å². The van der Waals surface area contributed by atoms with E-state index in [0.717, 1.165) is 19.1 Å². The molecule has 10 heteroatoms. The van der Waals surface area contributed by atoms with E-state index in [1.807, 2.05) is 5.32 Å². The number of methoxy groups -OCH3 is 2. The standard InChI is InChI=1S/C16H15ClN2O7/c1-19-12(21)9-5-4-8(17)6-10(9)16(13(19)22,14(23)25-2)7-11(20)18-15(24)26-3/h4-6H,7H2,1-3H3,(H,18,20,24). The Morgan fingerprint density at radius 1 is 1.19 bits per heavy atom. The number of likely N-dealkylation sites (N-methyl/N-ethyl adjacent to an activating group) is 1. The molecule has 4 amide bonds. The zero-order chi connectivity index (χ0) is 19.6. The van der Waals surface area contributed by atoms with Crippen LogP contribution in [0.1, 0.15) is 22.3 Å². The lowest BCUT2D eigenvalue weighted by Crippen LogP contribution is -2.59. The topological polar surface area (TPSA) is 119 Å². The lowest BCUT2D eigenvalue weighted by Gasteiger charge is -2.38. The Kier molecular flexibility index (Phi) is 5.31. The molecule has 9 nitrogen and oxygen atoms in total. The normalized spacial score (nSPS) is 18.8. The average Bonchev–Trinajstić information content (AvgIpc) is 2.62. The summed E-state index contributed by atoms with van der Waals surface area (Å²) in [6.07, 6.45) is -1.84. The second-order valence-electron chi connectivity index (χ2n) is 5.47. The number of hydrogen-bond acceptors (Lipinski definition) is 7. The number of esters is 1. The van der Waals surface area contributed by atoms with Crippen molar-refractivity contribution in [2.24, 2.45) is 0 Å². The van der Waals surface area contributed by atoms with Gasteiger partial charge in [0.25, 0.3) is 11.8 Å². The summed E-state index contributed by atoms with van der Waals surface area (Å²) < 4.78 is 9.06. The maximum atomic E-state index is 12.9. The van der Waals surface area contributed by atoms with E-state index < -0.39 is 41.6 Å². The van der Waals surface area contributed by atoms with E-state index in [2.05, 4.69) is 4.74 Å². The molecule has 1 aliphatic rings. The first kappa shape index (κ1) is 19.4. The molecule has 0 aromatic heterocycles. The molecule has 1 unspecified atom stereocenters. The number of carbonyl (C=O) groups is 5. The quantitative estimate of drug-likeness (QED) is 0.462. The highest BCUT2D eigenvalue weighted by molar-refractivity contribution is 6.31. The lowest BCUT2D eigenvalue weighted by atomic mass is 9.71. The molecule has 1 aromatic rings. The van der Waals surface area contributed by atoms with Crippen molar-refractivity contribution in [1.29, 1.82) is 0 Å². The van der Waals surface area contributed by atoms with Gasteiger partial charge in [0, 0.05) is 17.6 Å². The number of halogens is 1. The van der Waals surface area contributed by atoms with Gasteiger partial charge in [0.1, 0.15) is 0 Å². The molecule has 0 fully saturated rings. The minimum Gasteiger partial charge on any atom is -0.468 e. The fourth-order valence-corrected chi connectivity index (χ4v) is 2.97. The summed E-state index contributed by atoms with van der Waals surface area (Å²) >= 11 is 5.96. The molecule has 1 atom stereocenters. The smallest absolute Gasteiger partial charge is 0.413 e. The number of nitrogens with one attached hydrogen (secondary N) is 1. The van der Waals surface area contributed by atoms with Gasteiger partial charge in [0.05, 0.1) is 20.6 Å². The summed E-state index contributed by atoms with van der Waals surface area (Å²) in [5.41, 5.74) is -2.21. The van der Waals surface area contributed by atoms with Gasteiger partial charge >= 0.3 is 12.1 Å². The number of amides is 4. The van der Waals surface area contributed by atoms with E-state index >= 15 is 0 Å². The average molecular weight is 383 g/mol. The third-order valence-electron chi connectivity index (χ3n) is 4.03. The Bertz CT molecular complexity index is 823. The zero-order valence-corrected chi connectivity index (χ0v) is 14.9. The number of ether oxygens (including phenoxy) is 2. The lowest BCUT2D eigenvalue weighted by molar-refractivity contribution is -0.158. The Hall–Kier alpha value is -2.94. The van der Waals surface area contributed by atoms with E-state index in [-0.39, 0.29) is 16.1 Å². The van der Waals surface area contributed by atoms with Crippen molar-refractivity contribution in [2.45, 2.75) is 11.8 Å². The molecule has 1 aliphatic heterocycles. The third-order valence-corrected chi connectivity index (χ3v) is 4.27. The first-order valence-electron chi connectivity index (χ1n) is 7.27. The van der Waals surface area contributed by atoms with Crippen LogP contribution in [0.15, 0.2) is 18.2 Å². The van der Waals surface area contributed by atoms with E-state index in [1.165, 1.54) is 25.2 Å². The molecule has 1 N–H and O–H groups in total. The van der Waals surface area contributed by atoms with Gasteiger partial charge in [-0.25, -0.2) is 4.79 Å². The predicted octanol–water partition coefficient (Wildman–Crippen LogP) is 0.636. The summed E-state index contributed by atoms with van der Waals surface area (Å²) in [7, 11) is 3.26. The van der Waals surface area contributed by atoms with E-state index in [4.69, 9.17) is 16.3 Å². The van der Waals surface area contributed by atoms with Gasteiger partial charge in [-0.3, -0.25) is 29.4 Å². The van der Waals surface area contributed by atoms with Crippen molar-refractivity contribution in [1.82, 2.24) is 10.2 Å². The molecule has 1 aromatic carbocycles. The molecule has 0 saturated heterocycles. The van der Waals surface area contributed by atoms with Crippen LogP contribution in [0.2, 0.25) is 5.02 Å². The molecule has 138 valence electrons. The number of imide groups is 2. The fraction of sp³-hybridized carbons (Fsp3) is 0.312. The van der Waals surface area contributed by atoms with Crippen molar-refractivity contribution < 1.29 is 33.4 Å². The van der Waals surface area contributed by atoms with Crippen LogP contribution < -0.4 is 5.32 Å². The summed E-state index contributed by atoms with van der Waals surface area (Å²) in [6, 6.07) is 4.01. The molecule has 0 aliphatic carbocycles. The highest BCUT2D eigenvalue weighted by Crippen LogP contribution is 2.39. The second kappa shape index (κ2) is 7.12. The third kappa shape index (κ3) is 3.01. The summed E-state index contributed by atoms with van der Waals surface area (Å²) in [6.45, 7) is 0. The fourth-order valence-electron chi connectivity index (χ4n) is 2.79. The molecular formula is C16H15ClN2O7. The highest BCUT2D eigenvalue weighted by Gasteiger charge is 2.57. The minimum absolute atomic E-state index is 0.0211. The largest absolute Gasteiger partial charge is 0.468 e. The summed E-state index contributed by atoms with van der Waals surface area (Å²) in [4.78, 5) is 62.1. The number of carbonyl (C=O) groups excluding carboxylic acids is 5. The number of alkyl carbamates (subject to hydrolysis) is 1. The van der Waals surface area contributed by atoms with Gasteiger partial charge in [-0.2, -0.15) is 0 Å². The van der Waals surface area contributed by atoms with Crippen LogP contribution >= 0.6 is 11.6 Å². The molecule has 2 rings (SSSR count). The molecule has 0 bridgehead atoms. The van der Waals surface area contributed by atoms with E-state index in [0.29, 0.717) is 0 Å². The number of hydrogen-bond donors (Lipinski definition) is 1. The molecule has 26 heavy (non-hydrogen) atoms. The Morgan fingerprint density at radius 3 is 2.42 bits per heavy atom. The van der Waals surface area contributed by atoms with Crippen LogP contribution in [-0.4, -0.2) is 56.0 Å². The Morgan fingerprint density at radius 2 is 1.85 bits per heavy atom. The van der Waals surface area contributed by atoms with Gasteiger partial charge in [-0.05, 0) is 23.8 Å². The number of benzene rings is 1. The zero-order valence-electron chi connectivity index (χ0n) is 14.1. The van der Waals surface area contributed by atoms with Crippen molar-refractivity contribution >= 4 is 41.4 Å². The minimum atomic E-state index is -2.17. The Balaban J connectivity index is 2.68. The van der Waals surface area contributed by atoms with Crippen molar-refractivity contribution in [3.8, 4) is 0 Å². The maximum absolute atomic E-state index is 12.9. The second-order valence-corrected chi connectivity index (χ2v) is 5.91. The molecule has 1 heterocycles. The van der Waals surface area contributed by atoms with Gasteiger partial charge in [0.2, 0.25) is 5.91 Å². The summed E-state index contributed by atoms with van der Waals surface area (Å²) in [5, 5.41) is 2.02. The highest BCUT2D eigenvalue weighted by atomic mass is 35.5. The number of nitrogens with zero attached hydrogens (tertiary/aromatic N) is 1. The number of rotatable bonds is 3. The molecule has 0 radical (unpaired) electrons. The van der Waals surface area contributed by atoms with Crippen LogP contribution in [0.4, 0.5) is 4.79 Å². The van der Waals surface area contributed by atoms with Crippen LogP contribution in [0, 0.1) is 0 Å². The summed E-state index contributed by atoms with van der Waals surface area (Å²) in [5.74, 6) is -3.66. The monoisotopic (exact) mass is 382 g/mol. The SMILES string of the molecule is COC(=O)NC(=O)CC1(C(=O)OC)C(=O)N(C)C(=O)c2ccc(Cl)cc21. The van der Waals surface area contributed by atoms with Crippen molar-refractivity contribution in [2.75, 3.05) is 21.3 Å². The van der Waals surface area contributed by atoms with Gasteiger partial charge in [-0.15, -0.1) is 0 Å². The first-order chi connectivity index (χ1) is 12.2. The predicted molar refractivity (Wildman–Crippen MR) is 87.4 cm³/mol. The number of fused-ring (bicyclic) bond motifs is 1. The van der Waals surface area contributed by atoms with E-state index in [1.54, 1.807) is 0 Å². The van der Waals surface area contributed by atoms with Crippen molar-refractivity contribution in [3.05, 3.63) is 34.3 Å². The Labute approximate surface area is 153 Å². The van der Waals surface area contributed by atoms with Gasteiger partial charge < -0.3 is 9.47 Å². The van der Waals surface area contributed by atoms with Crippen LogP contribution in [0.25, 0.3) is 0 Å². The van der Waals surface area contributed by atoms with Crippen LogP contribution in [0.3, 0.4) is 0 Å². The van der Waals surface area contributed by atoms with Gasteiger partial charge in [-0.1, -0.05) is 11.6 Å². The van der Waals surface area contributed by atoms with Crippen LogP contribution in [-0.2, 0) is 29.3 Å². The van der Waals surface area contributed by atoms with Gasteiger partial charge in [0.15, 0.2) is 5.41 Å². The molecule has 0 spiro atoms. The molecular weight excluding hydrogens is 368 g/mol. The first-order valence-corrected chi connectivity index (χ1v) is 7.65. The van der Waals surface area contributed by atoms with Crippen molar-refractivity contribution in [3.63, 3.8) is 0 Å². The molecule has 0 saturated carbocycles. The maximum Gasteiger partial charge on any atom is 0.413 e. The van der Waals surface area contributed by atoms with E-state index in [9.17, 15) is 24.0 Å².